The van der Waals surface area contributed by atoms with Gasteiger partial charge in [0.1, 0.15) is 12.9 Å². The lowest BCUT2D eigenvalue weighted by Gasteiger charge is -2.39. The van der Waals surface area contributed by atoms with Gasteiger partial charge < -0.3 is 9.80 Å². The van der Waals surface area contributed by atoms with Crippen molar-refractivity contribution in [2.24, 2.45) is 0 Å². The van der Waals surface area contributed by atoms with Crippen LogP contribution in [-0.2, 0) is 4.79 Å². The summed E-state index contributed by atoms with van der Waals surface area (Å²) < 4.78 is 0. The fourth-order valence-electron chi connectivity index (χ4n) is 3.46. The molecular formula is C21H21N5O2. The Bertz CT molecular complexity index is 998. The van der Waals surface area contributed by atoms with E-state index in [0.29, 0.717) is 23.5 Å². The van der Waals surface area contributed by atoms with Crippen molar-refractivity contribution < 1.29 is 9.59 Å². The van der Waals surface area contributed by atoms with E-state index in [0.717, 1.165) is 11.3 Å². The molecule has 1 saturated heterocycles. The number of aromatic nitrogens is 3. The number of nitrogens with one attached hydrogen (secondary N) is 1. The van der Waals surface area contributed by atoms with Crippen molar-refractivity contribution in [1.82, 2.24) is 20.1 Å². The maximum atomic E-state index is 13.3. The van der Waals surface area contributed by atoms with Gasteiger partial charge in [-0.3, -0.25) is 14.7 Å². The van der Waals surface area contributed by atoms with Gasteiger partial charge in [0.05, 0.1) is 5.56 Å². The Morgan fingerprint density at radius 2 is 1.89 bits per heavy atom. The number of carbonyl (C=O) groups is 2. The van der Waals surface area contributed by atoms with Gasteiger partial charge >= 0.3 is 0 Å². The summed E-state index contributed by atoms with van der Waals surface area (Å²) >= 11 is 0. The largest absolute Gasteiger partial charge is 0.325 e. The summed E-state index contributed by atoms with van der Waals surface area (Å²) in [4.78, 5) is 33.6. The Kier molecular flexibility index (Phi) is 4.65. The van der Waals surface area contributed by atoms with Crippen LogP contribution >= 0.6 is 0 Å². The third kappa shape index (κ3) is 3.26. The van der Waals surface area contributed by atoms with Crippen LogP contribution in [0.15, 0.2) is 54.9 Å². The molecule has 7 nitrogen and oxygen atoms in total. The van der Waals surface area contributed by atoms with Crippen molar-refractivity contribution >= 4 is 17.5 Å². The van der Waals surface area contributed by atoms with Gasteiger partial charge in [0, 0.05) is 23.8 Å². The minimum Gasteiger partial charge on any atom is -0.325 e. The molecule has 142 valence electrons. The number of amides is 2. The zero-order valence-electron chi connectivity index (χ0n) is 15.8. The van der Waals surface area contributed by atoms with Crippen LogP contribution in [0.3, 0.4) is 0 Å². The quantitative estimate of drug-likeness (QED) is 0.763. The minimum atomic E-state index is -0.184. The van der Waals surface area contributed by atoms with E-state index in [4.69, 9.17) is 0 Å². The molecule has 1 atom stereocenters. The first kappa shape index (κ1) is 17.9. The molecule has 0 radical (unpaired) electrons. The van der Waals surface area contributed by atoms with Crippen molar-refractivity contribution in [3.63, 3.8) is 0 Å². The number of hydrogen-bond acceptors (Lipinski definition) is 4. The molecule has 0 saturated carbocycles. The second-order valence-electron chi connectivity index (χ2n) is 7.00. The monoisotopic (exact) mass is 375 g/mol. The summed E-state index contributed by atoms with van der Waals surface area (Å²) in [6.07, 6.45) is 1.41. The number of carbonyl (C=O) groups excluding carboxylic acids is 2. The lowest BCUT2D eigenvalue weighted by Crippen LogP contribution is -2.57. The highest BCUT2D eigenvalue weighted by Crippen LogP contribution is 2.25. The normalized spacial score (nSPS) is 17.1. The fraction of sp³-hybridized carbons (Fsp3) is 0.238. The molecule has 1 aliphatic rings. The van der Waals surface area contributed by atoms with Crippen LogP contribution in [0, 0.1) is 6.92 Å². The Balaban J connectivity index is 1.59. The Hall–Kier alpha value is -3.48. The van der Waals surface area contributed by atoms with Crippen LogP contribution in [-0.4, -0.2) is 51.0 Å². The fourth-order valence-corrected chi connectivity index (χ4v) is 3.46. The van der Waals surface area contributed by atoms with Crippen LogP contribution < -0.4 is 4.90 Å². The van der Waals surface area contributed by atoms with Gasteiger partial charge in [-0.25, -0.2) is 4.98 Å². The van der Waals surface area contributed by atoms with E-state index in [9.17, 15) is 9.59 Å². The molecule has 0 bridgehead atoms. The summed E-state index contributed by atoms with van der Waals surface area (Å²) in [6.45, 7) is 4.47. The molecule has 1 aliphatic heterocycles. The van der Waals surface area contributed by atoms with Gasteiger partial charge in [-0.2, -0.15) is 5.10 Å². The molecular weight excluding hydrogens is 354 g/mol. The number of aromatic amines is 1. The minimum absolute atomic E-state index is 0.0403. The first-order chi connectivity index (χ1) is 13.5. The molecule has 0 aliphatic carbocycles. The van der Waals surface area contributed by atoms with E-state index in [1.807, 2.05) is 56.3 Å². The maximum Gasteiger partial charge on any atom is 0.255 e. The third-order valence-corrected chi connectivity index (χ3v) is 5.02. The number of H-pyrrole nitrogens is 1. The van der Waals surface area contributed by atoms with E-state index in [2.05, 4.69) is 15.2 Å². The number of benzene rings is 2. The van der Waals surface area contributed by atoms with Gasteiger partial charge in [0.15, 0.2) is 5.82 Å². The average molecular weight is 375 g/mol. The van der Waals surface area contributed by atoms with Crippen LogP contribution in [0.4, 0.5) is 5.69 Å². The Morgan fingerprint density at radius 1 is 1.14 bits per heavy atom. The molecule has 0 unspecified atom stereocenters. The van der Waals surface area contributed by atoms with Gasteiger partial charge in [-0.1, -0.05) is 35.9 Å². The number of rotatable bonds is 3. The molecule has 4 rings (SSSR count). The molecule has 1 N–H and O–H groups in total. The van der Waals surface area contributed by atoms with Gasteiger partial charge in [-0.05, 0) is 32.0 Å². The van der Waals surface area contributed by atoms with E-state index >= 15 is 0 Å². The topological polar surface area (TPSA) is 82.2 Å². The number of aryl methyl sites for hydroxylation is 1. The van der Waals surface area contributed by atoms with Gasteiger partial charge in [0.25, 0.3) is 5.91 Å². The van der Waals surface area contributed by atoms with Crippen molar-refractivity contribution in [2.75, 3.05) is 18.0 Å². The number of nitrogens with zero attached hydrogens (tertiary/aromatic N) is 4. The molecule has 0 spiro atoms. The highest BCUT2D eigenvalue weighted by Gasteiger charge is 2.34. The van der Waals surface area contributed by atoms with Crippen LogP contribution in [0.25, 0.3) is 11.4 Å². The second-order valence-corrected chi connectivity index (χ2v) is 7.00. The summed E-state index contributed by atoms with van der Waals surface area (Å²) in [7, 11) is 0. The highest BCUT2D eigenvalue weighted by molar-refractivity contribution is 6.04. The number of piperazine rings is 1. The molecule has 1 aromatic heterocycles. The van der Waals surface area contributed by atoms with E-state index in [1.165, 1.54) is 6.33 Å². The van der Waals surface area contributed by atoms with E-state index in [-0.39, 0.29) is 24.4 Å². The molecule has 3 aromatic rings. The highest BCUT2D eigenvalue weighted by atomic mass is 16.2. The lowest BCUT2D eigenvalue weighted by atomic mass is 10.0. The zero-order valence-corrected chi connectivity index (χ0v) is 15.8. The molecule has 2 amide bonds. The van der Waals surface area contributed by atoms with Gasteiger partial charge in [-0.15, -0.1) is 0 Å². The van der Waals surface area contributed by atoms with Crippen molar-refractivity contribution in [3.05, 3.63) is 66.0 Å². The van der Waals surface area contributed by atoms with Crippen LogP contribution in [0.5, 0.6) is 0 Å². The first-order valence-electron chi connectivity index (χ1n) is 9.17. The van der Waals surface area contributed by atoms with Crippen molar-refractivity contribution in [1.29, 1.82) is 0 Å². The SMILES string of the molecule is Cc1ccc(N2C[C@H](C)N(C(=O)c3ccccc3-c3ncn[nH]3)CC2=O)cc1. The molecule has 7 heteroatoms. The average Bonchev–Trinajstić information content (AvgIpc) is 3.24. The summed E-state index contributed by atoms with van der Waals surface area (Å²) in [5.74, 6) is 0.255. The van der Waals surface area contributed by atoms with Gasteiger partial charge in [0.2, 0.25) is 5.91 Å². The predicted molar refractivity (Wildman–Crippen MR) is 106 cm³/mol. The van der Waals surface area contributed by atoms with E-state index < -0.39 is 0 Å². The predicted octanol–water partition coefficient (Wildman–Crippen LogP) is 2.66. The third-order valence-electron chi connectivity index (χ3n) is 5.02. The van der Waals surface area contributed by atoms with Crippen LogP contribution in [0.2, 0.25) is 0 Å². The Morgan fingerprint density at radius 3 is 2.61 bits per heavy atom. The molecule has 2 aromatic carbocycles. The number of hydrogen-bond donors (Lipinski definition) is 1. The van der Waals surface area contributed by atoms with Crippen molar-refractivity contribution in [3.8, 4) is 11.4 Å². The summed E-state index contributed by atoms with van der Waals surface area (Å²) in [6, 6.07) is 15.0. The maximum absolute atomic E-state index is 13.3. The smallest absolute Gasteiger partial charge is 0.255 e. The van der Waals surface area contributed by atoms with Crippen molar-refractivity contribution in [2.45, 2.75) is 19.9 Å². The second kappa shape index (κ2) is 7.26. The van der Waals surface area contributed by atoms with Crippen LogP contribution in [0.1, 0.15) is 22.8 Å². The summed E-state index contributed by atoms with van der Waals surface area (Å²) in [5, 5.41) is 6.66. The molecule has 1 fully saturated rings. The zero-order chi connectivity index (χ0) is 19.7. The lowest BCUT2D eigenvalue weighted by molar-refractivity contribution is -0.121. The number of anilines is 1. The summed E-state index contributed by atoms with van der Waals surface area (Å²) in [5.41, 5.74) is 3.17. The van der Waals surface area contributed by atoms with E-state index in [1.54, 1.807) is 15.9 Å². The Labute approximate surface area is 163 Å². The first-order valence-corrected chi connectivity index (χ1v) is 9.17. The molecule has 2 heterocycles. The standard InChI is InChI=1S/C21H21N5O2/c1-14-7-9-16(10-8-14)26-11-15(2)25(12-19(26)27)21(28)18-6-4-3-5-17(18)20-22-13-23-24-20/h3-10,13,15H,11-12H2,1-2H3,(H,22,23,24)/t15-/m0/s1. The molecule has 28 heavy (non-hydrogen) atoms.